The number of unbranched alkanes of at least 4 members (excludes halogenated alkanes) is 1. The average Bonchev–Trinajstić information content (AvgIpc) is 0.796. The summed E-state index contributed by atoms with van der Waals surface area (Å²) in [6.45, 7) is 19.8. The van der Waals surface area contributed by atoms with E-state index in [0.717, 1.165) is 47.9 Å². The fourth-order valence-electron chi connectivity index (χ4n) is 14.0. The Hall–Kier alpha value is -17.2. The van der Waals surface area contributed by atoms with E-state index in [1.165, 1.54) is 0 Å². The molecule has 1 unspecified atom stereocenters. The molecule has 18 heteroatoms. The van der Waals surface area contributed by atoms with Gasteiger partial charge in [-0.15, -0.1) is 0 Å². The fraction of sp³-hybridized carbons (Fsp3) is 0.135. The number of hydrogen-bond donors (Lipinski definition) is 0. The normalized spacial score (nSPS) is 10.4. The molecular formula is C111H90N6O12. The van der Waals surface area contributed by atoms with Crippen LogP contribution in [0.15, 0.2) is 398 Å². The largest absolute Gasteiger partial charge is 0.470 e. The van der Waals surface area contributed by atoms with Crippen molar-refractivity contribution in [2.24, 2.45) is 11.3 Å². The highest BCUT2D eigenvalue weighted by molar-refractivity contribution is 6.09. The number of nitriles is 4. The SMILES string of the molecule is CCCCC(CC)COC(=O)C(C#N)=C(c1ccccc1)c1ccccc1.CCOC(=O)C(C#N)=C(c1ccccc1)c1ccccc1.[C-]#[N+]C(C(=O)OCC(COC(=O)C(C#N)=C(c1ccccc1)c1ccccc1)(COC(=O)C(C#N)=C(c1ccccc1)c1ccccc1)COC(=O)C([N+]#[C-])=C(c1ccccc1)c1ccccc1)=C(c1ccccc1)c1ccccc1. The summed E-state index contributed by atoms with van der Waals surface area (Å²) in [7, 11) is 0. The van der Waals surface area contributed by atoms with Gasteiger partial charge in [0.25, 0.3) is 11.4 Å². The number of nitrogens with zero attached hydrogens (tertiary/aromatic N) is 6. The van der Waals surface area contributed by atoms with Gasteiger partial charge < -0.3 is 28.4 Å². The molecule has 0 radical (unpaired) electrons. The van der Waals surface area contributed by atoms with Crippen molar-refractivity contribution in [3.05, 3.63) is 487 Å². The number of carbonyl (C=O) groups is 6. The molecule has 0 amide bonds. The van der Waals surface area contributed by atoms with E-state index in [1.807, 2.05) is 140 Å². The highest BCUT2D eigenvalue weighted by Crippen LogP contribution is 2.37. The molecular weight excluding hydrogens is 1610 g/mol. The summed E-state index contributed by atoms with van der Waals surface area (Å²) < 4.78 is 34.9. The Morgan fingerprint density at radius 1 is 0.279 bits per heavy atom. The second kappa shape index (κ2) is 49.8. The van der Waals surface area contributed by atoms with E-state index >= 15 is 0 Å². The topological polar surface area (TPSA) is 262 Å². The molecule has 636 valence electrons. The molecule has 0 bridgehead atoms. The Morgan fingerprint density at radius 2 is 0.465 bits per heavy atom. The third-order valence-corrected chi connectivity index (χ3v) is 20.4. The zero-order valence-corrected chi connectivity index (χ0v) is 71.4. The van der Waals surface area contributed by atoms with Gasteiger partial charge in [0, 0.05) is 33.4 Å². The summed E-state index contributed by atoms with van der Waals surface area (Å²) in [5, 5.41) is 40.8. The predicted octanol–water partition coefficient (Wildman–Crippen LogP) is 22.3. The van der Waals surface area contributed by atoms with Crippen LogP contribution in [-0.2, 0) is 57.2 Å². The second-order valence-corrected chi connectivity index (χ2v) is 29.1. The molecule has 0 saturated carbocycles. The summed E-state index contributed by atoms with van der Waals surface area (Å²) >= 11 is 0. The van der Waals surface area contributed by atoms with Crippen molar-refractivity contribution in [2.45, 2.75) is 46.5 Å². The number of esters is 6. The maximum absolute atomic E-state index is 14.7. The summed E-state index contributed by atoms with van der Waals surface area (Å²) in [6.07, 6.45) is 4.25. The molecule has 0 heterocycles. The van der Waals surface area contributed by atoms with Gasteiger partial charge in [0.15, 0.2) is 0 Å². The molecule has 0 aliphatic heterocycles. The molecule has 0 fully saturated rings. The smallest absolute Gasteiger partial charge is 0.349 e. The van der Waals surface area contributed by atoms with Crippen LogP contribution in [0.1, 0.15) is 113 Å². The minimum Gasteiger partial charge on any atom is -0.470 e. The molecule has 0 aliphatic carbocycles. The van der Waals surface area contributed by atoms with Crippen LogP contribution in [0, 0.1) is 69.8 Å². The minimum absolute atomic E-state index is 0.0225. The molecule has 0 saturated heterocycles. The first kappa shape index (κ1) is 94.1. The van der Waals surface area contributed by atoms with Gasteiger partial charge in [0.05, 0.1) is 26.4 Å². The zero-order valence-electron chi connectivity index (χ0n) is 71.4. The van der Waals surface area contributed by atoms with Crippen molar-refractivity contribution in [1.82, 2.24) is 0 Å². The Balaban J connectivity index is 0.000000290. The maximum atomic E-state index is 14.7. The number of benzene rings is 12. The minimum atomic E-state index is -2.11. The fourth-order valence-corrected chi connectivity index (χ4v) is 14.0. The lowest BCUT2D eigenvalue weighted by Crippen LogP contribution is -2.44. The zero-order chi connectivity index (χ0) is 91.4. The van der Waals surface area contributed by atoms with Gasteiger partial charge >= 0.3 is 35.8 Å². The Kier molecular flexibility index (Phi) is 36.3. The quantitative estimate of drug-likeness (QED) is 0.0122. The van der Waals surface area contributed by atoms with Crippen LogP contribution in [0.25, 0.3) is 43.1 Å². The van der Waals surface area contributed by atoms with E-state index in [1.54, 1.807) is 250 Å². The summed E-state index contributed by atoms with van der Waals surface area (Å²) in [6, 6.07) is 116. The molecule has 129 heavy (non-hydrogen) atoms. The molecule has 0 aromatic heterocycles. The van der Waals surface area contributed by atoms with Crippen molar-refractivity contribution in [3.63, 3.8) is 0 Å². The number of hydrogen-bond acceptors (Lipinski definition) is 16. The standard InChI is InChI=1S/C69H48N4O8.C24H27NO2.C18H15NO2/c1-72-63(61(53-35-19-7-20-36-53)54-37-21-8-22-38-54)67(76)80-47-69(45-78-65(74)57(43-70)59(49-27-11-3-12-28-49)50-29-13-4-14-30-50,46-79-66(75)58(44-71)60(51-31-15-5-16-32-51)52-33-17-6-18-34-52)48-81-68(77)64(73-2)62(55-39-23-9-24-40-55)56-41-25-10-26-42-56;1-3-5-12-19(4-2)18-27-24(26)22(17-25)23(20-13-8-6-9-14-20)21-15-10-7-11-16-21;1-2-21-18(20)16(13-19)17(14-9-5-3-6-10-14)15-11-7-4-8-12-15/h3-42H,45-48H2;6-11,13-16,19H,3-5,12,18H2,1-2H3;3-12H,2H2,1H3. The van der Waals surface area contributed by atoms with Crippen molar-refractivity contribution < 1.29 is 57.2 Å². The number of carbonyl (C=O) groups excluding carboxylic acids is 6. The van der Waals surface area contributed by atoms with E-state index in [4.69, 9.17) is 41.6 Å². The van der Waals surface area contributed by atoms with Crippen LogP contribution in [0.2, 0.25) is 0 Å². The van der Waals surface area contributed by atoms with Crippen LogP contribution >= 0.6 is 0 Å². The lowest BCUT2D eigenvalue weighted by Gasteiger charge is -2.32. The molecule has 12 aromatic rings. The molecule has 18 nitrogen and oxygen atoms in total. The third-order valence-electron chi connectivity index (χ3n) is 20.4. The van der Waals surface area contributed by atoms with Crippen LogP contribution in [0.5, 0.6) is 0 Å². The molecule has 1 atom stereocenters. The Labute approximate surface area is 752 Å². The van der Waals surface area contributed by atoms with Crippen LogP contribution in [-0.4, -0.2) is 75.5 Å². The lowest BCUT2D eigenvalue weighted by molar-refractivity contribution is -0.165. The van der Waals surface area contributed by atoms with Gasteiger partial charge in [0.2, 0.25) is 0 Å². The van der Waals surface area contributed by atoms with Crippen molar-refractivity contribution in [3.8, 4) is 24.3 Å². The molecule has 0 spiro atoms. The van der Waals surface area contributed by atoms with Gasteiger partial charge in [-0.2, -0.15) is 21.0 Å². The maximum Gasteiger partial charge on any atom is 0.349 e. The van der Waals surface area contributed by atoms with Crippen molar-refractivity contribution in [1.29, 1.82) is 21.0 Å². The summed E-state index contributed by atoms with van der Waals surface area (Å²) in [5.74, 6) is -5.42. The van der Waals surface area contributed by atoms with Crippen LogP contribution < -0.4 is 0 Å². The van der Waals surface area contributed by atoms with E-state index < -0.39 is 90.2 Å². The third kappa shape index (κ3) is 26.0. The molecule has 12 rings (SSSR count). The van der Waals surface area contributed by atoms with E-state index in [9.17, 15) is 49.8 Å². The highest BCUT2D eigenvalue weighted by Gasteiger charge is 2.41. The summed E-state index contributed by atoms with van der Waals surface area (Å²) in [5.41, 5.74) is 5.62. The summed E-state index contributed by atoms with van der Waals surface area (Å²) in [4.78, 5) is 91.1. The van der Waals surface area contributed by atoms with Gasteiger partial charge in [-0.25, -0.2) is 28.9 Å². The van der Waals surface area contributed by atoms with Gasteiger partial charge in [-0.1, -0.05) is 397 Å². The Morgan fingerprint density at radius 3 is 0.643 bits per heavy atom. The van der Waals surface area contributed by atoms with Crippen LogP contribution in [0.4, 0.5) is 0 Å². The first-order valence-corrected chi connectivity index (χ1v) is 41.7. The van der Waals surface area contributed by atoms with Gasteiger partial charge in [-0.3, -0.25) is 9.59 Å². The first-order valence-electron chi connectivity index (χ1n) is 41.7. The van der Waals surface area contributed by atoms with E-state index in [0.29, 0.717) is 68.2 Å². The van der Waals surface area contributed by atoms with Crippen molar-refractivity contribution in [2.75, 3.05) is 39.6 Å². The first-order chi connectivity index (χ1) is 63.2. The monoisotopic (exact) mass is 1700 g/mol. The Bertz CT molecular complexity index is 5530. The van der Waals surface area contributed by atoms with Gasteiger partial charge in [-0.05, 0) is 86.0 Å². The molecule has 0 aliphatic rings. The van der Waals surface area contributed by atoms with E-state index in [2.05, 4.69) is 29.6 Å². The van der Waals surface area contributed by atoms with Crippen molar-refractivity contribution >= 4 is 69.3 Å². The highest BCUT2D eigenvalue weighted by atomic mass is 16.6. The van der Waals surface area contributed by atoms with Gasteiger partial charge in [0.1, 0.15) is 78.4 Å². The van der Waals surface area contributed by atoms with Crippen LogP contribution in [0.3, 0.4) is 0 Å². The van der Waals surface area contributed by atoms with E-state index in [-0.39, 0.29) is 40.0 Å². The molecule has 0 N–H and O–H groups in total. The number of ether oxygens (including phenoxy) is 6. The molecule has 12 aromatic carbocycles. The average molecular weight is 1700 g/mol. The number of rotatable bonds is 33. The lowest BCUT2D eigenvalue weighted by atomic mass is 9.91. The predicted molar refractivity (Wildman–Crippen MR) is 496 cm³/mol. The second-order valence-electron chi connectivity index (χ2n) is 29.1.